The minimum absolute atomic E-state index is 0.154. The molecule has 8 nitrogen and oxygen atoms in total. The van der Waals surface area contributed by atoms with Gasteiger partial charge >= 0.3 is 10.2 Å². The molecule has 0 fully saturated rings. The number of anilines is 1. The lowest BCUT2D eigenvalue weighted by Gasteiger charge is -2.34. The zero-order valence-corrected chi connectivity index (χ0v) is 23.0. The first-order valence-corrected chi connectivity index (χ1v) is 14.0. The number of carbonyl (C=O) groups excluding carboxylic acids is 2. The monoisotopic (exact) mass is 536 g/mol. The van der Waals surface area contributed by atoms with Gasteiger partial charge in [0.2, 0.25) is 11.8 Å². The fourth-order valence-corrected chi connectivity index (χ4v) is 5.07. The Kier molecular flexibility index (Phi) is 10.4. The normalized spacial score (nSPS) is 12.1. The van der Waals surface area contributed by atoms with E-state index in [-0.39, 0.29) is 12.5 Å². The Labute approximate surface area is 226 Å². The Morgan fingerprint density at radius 2 is 1.34 bits per heavy atom. The van der Waals surface area contributed by atoms with E-state index in [2.05, 4.69) is 5.32 Å². The van der Waals surface area contributed by atoms with Gasteiger partial charge in [0.05, 0.1) is 5.69 Å². The number of hydrogen-bond acceptors (Lipinski definition) is 4. The molecule has 0 aromatic heterocycles. The van der Waals surface area contributed by atoms with Crippen LogP contribution >= 0.6 is 0 Å². The highest BCUT2D eigenvalue weighted by Gasteiger charge is 2.34. The molecule has 3 aromatic carbocycles. The van der Waals surface area contributed by atoms with E-state index in [1.807, 2.05) is 67.6 Å². The van der Waals surface area contributed by atoms with Crippen LogP contribution in [0.1, 0.15) is 24.5 Å². The Hall–Kier alpha value is -3.69. The molecule has 0 aliphatic rings. The number of amides is 2. The number of hydrogen-bond donors (Lipinski definition) is 1. The summed E-state index contributed by atoms with van der Waals surface area (Å²) in [5.41, 5.74) is 2.10. The number of nitrogens with one attached hydrogen (secondary N) is 1. The lowest BCUT2D eigenvalue weighted by atomic mass is 10.0. The van der Waals surface area contributed by atoms with Crippen molar-refractivity contribution in [2.45, 2.75) is 32.4 Å². The second-order valence-electron chi connectivity index (χ2n) is 9.14. The van der Waals surface area contributed by atoms with Crippen LogP contribution in [0.4, 0.5) is 5.69 Å². The van der Waals surface area contributed by atoms with Crippen LogP contribution in [0.15, 0.2) is 91.0 Å². The van der Waals surface area contributed by atoms with E-state index >= 15 is 0 Å². The van der Waals surface area contributed by atoms with Crippen LogP contribution in [-0.2, 0) is 32.8 Å². The average molecular weight is 537 g/mol. The van der Waals surface area contributed by atoms with Crippen molar-refractivity contribution < 1.29 is 18.0 Å². The van der Waals surface area contributed by atoms with Crippen LogP contribution in [0.3, 0.4) is 0 Å². The third kappa shape index (κ3) is 7.66. The smallest absolute Gasteiger partial charge is 0.304 e. The van der Waals surface area contributed by atoms with E-state index in [1.165, 1.54) is 19.0 Å². The van der Waals surface area contributed by atoms with Crippen molar-refractivity contribution >= 4 is 27.7 Å². The standard InChI is InChI=1S/C29H36N4O4S/c1-4-20-30-29(35)27(21-24-14-8-5-9-15-24)32(22-25-16-10-6-11-17-25)28(34)23-33(38(36,37)31(2)3)26-18-12-7-13-19-26/h5-19,27H,4,20-23H2,1-3H3,(H,30,35)/t27-/m0/s1. The van der Waals surface area contributed by atoms with E-state index in [9.17, 15) is 18.0 Å². The summed E-state index contributed by atoms with van der Waals surface area (Å²) in [6, 6.07) is 26.6. The van der Waals surface area contributed by atoms with E-state index in [0.717, 1.165) is 26.2 Å². The van der Waals surface area contributed by atoms with E-state index in [1.54, 1.807) is 30.3 Å². The number of benzene rings is 3. The lowest BCUT2D eigenvalue weighted by Crippen LogP contribution is -2.54. The molecule has 0 spiro atoms. The Morgan fingerprint density at radius 1 is 0.816 bits per heavy atom. The summed E-state index contributed by atoms with van der Waals surface area (Å²) < 4.78 is 28.7. The molecule has 0 aliphatic heterocycles. The first-order chi connectivity index (χ1) is 18.2. The summed E-state index contributed by atoms with van der Waals surface area (Å²) in [5, 5.41) is 2.93. The minimum atomic E-state index is -3.99. The van der Waals surface area contributed by atoms with Gasteiger partial charge in [0.15, 0.2) is 0 Å². The van der Waals surface area contributed by atoms with E-state index in [4.69, 9.17) is 0 Å². The Bertz CT molecular complexity index is 1270. The Morgan fingerprint density at radius 3 is 1.87 bits per heavy atom. The molecular weight excluding hydrogens is 500 g/mol. The predicted molar refractivity (Wildman–Crippen MR) is 151 cm³/mol. The molecule has 0 unspecified atom stereocenters. The zero-order valence-electron chi connectivity index (χ0n) is 22.2. The van der Waals surface area contributed by atoms with Gasteiger partial charge in [-0.05, 0) is 29.7 Å². The molecule has 2 amide bonds. The number of para-hydroxylation sites is 1. The summed E-state index contributed by atoms with van der Waals surface area (Å²) in [7, 11) is -1.14. The highest BCUT2D eigenvalue weighted by Crippen LogP contribution is 2.21. The molecule has 3 aromatic rings. The van der Waals surface area contributed by atoms with Gasteiger partial charge < -0.3 is 10.2 Å². The van der Waals surface area contributed by atoms with Gasteiger partial charge in [0.1, 0.15) is 12.6 Å². The van der Waals surface area contributed by atoms with Crippen molar-refractivity contribution in [2.24, 2.45) is 0 Å². The first-order valence-electron chi connectivity index (χ1n) is 12.6. The highest BCUT2D eigenvalue weighted by atomic mass is 32.2. The number of carbonyl (C=O) groups is 2. The SMILES string of the molecule is CCCNC(=O)[C@H](Cc1ccccc1)N(Cc1ccccc1)C(=O)CN(c1ccccc1)S(=O)(=O)N(C)C. The third-order valence-electron chi connectivity index (χ3n) is 6.08. The van der Waals surface area contributed by atoms with Crippen LogP contribution in [0, 0.1) is 0 Å². The molecule has 9 heteroatoms. The lowest BCUT2D eigenvalue weighted by molar-refractivity contribution is -0.140. The van der Waals surface area contributed by atoms with Gasteiger partial charge in [-0.25, -0.2) is 4.31 Å². The fourth-order valence-electron chi connectivity index (χ4n) is 4.01. The van der Waals surface area contributed by atoms with Crippen LogP contribution in [0.2, 0.25) is 0 Å². The van der Waals surface area contributed by atoms with Crippen molar-refractivity contribution in [3.63, 3.8) is 0 Å². The molecule has 1 atom stereocenters. The minimum Gasteiger partial charge on any atom is -0.354 e. The summed E-state index contributed by atoms with van der Waals surface area (Å²) >= 11 is 0. The maximum atomic E-state index is 14.0. The van der Waals surface area contributed by atoms with Crippen LogP contribution < -0.4 is 9.62 Å². The summed E-state index contributed by atoms with van der Waals surface area (Å²) in [4.78, 5) is 29.0. The van der Waals surface area contributed by atoms with Crippen LogP contribution in [-0.4, -0.2) is 62.7 Å². The van der Waals surface area contributed by atoms with Gasteiger partial charge in [0, 0.05) is 33.6 Å². The molecule has 0 bridgehead atoms. The molecule has 0 saturated heterocycles. The van der Waals surface area contributed by atoms with Crippen molar-refractivity contribution in [1.29, 1.82) is 0 Å². The largest absolute Gasteiger partial charge is 0.354 e. The molecular formula is C29H36N4O4S. The zero-order chi connectivity index (χ0) is 27.5. The quantitative estimate of drug-likeness (QED) is 0.362. The van der Waals surface area contributed by atoms with Crippen molar-refractivity contribution in [1.82, 2.24) is 14.5 Å². The Balaban J connectivity index is 2.04. The second kappa shape index (κ2) is 13.7. The third-order valence-corrected chi connectivity index (χ3v) is 7.90. The molecule has 0 radical (unpaired) electrons. The molecule has 38 heavy (non-hydrogen) atoms. The topological polar surface area (TPSA) is 90.0 Å². The first kappa shape index (κ1) is 28.9. The van der Waals surface area contributed by atoms with Gasteiger partial charge in [-0.15, -0.1) is 0 Å². The van der Waals surface area contributed by atoms with Gasteiger partial charge in [0.25, 0.3) is 0 Å². The van der Waals surface area contributed by atoms with E-state index in [0.29, 0.717) is 18.7 Å². The molecule has 1 N–H and O–H groups in total. The van der Waals surface area contributed by atoms with Gasteiger partial charge in [-0.1, -0.05) is 85.8 Å². The maximum absolute atomic E-state index is 14.0. The average Bonchev–Trinajstić information content (AvgIpc) is 2.93. The van der Waals surface area contributed by atoms with Crippen molar-refractivity contribution in [3.8, 4) is 0 Å². The second-order valence-corrected chi connectivity index (χ2v) is 11.2. The summed E-state index contributed by atoms with van der Waals surface area (Å²) in [5.74, 6) is -0.752. The molecule has 202 valence electrons. The summed E-state index contributed by atoms with van der Waals surface area (Å²) in [6.45, 7) is 2.14. The molecule has 0 heterocycles. The maximum Gasteiger partial charge on any atom is 0.304 e. The molecule has 3 rings (SSSR count). The van der Waals surface area contributed by atoms with Crippen molar-refractivity contribution in [2.75, 3.05) is 31.5 Å². The van der Waals surface area contributed by atoms with Gasteiger partial charge in [-0.3, -0.25) is 9.59 Å². The van der Waals surface area contributed by atoms with Gasteiger partial charge in [-0.2, -0.15) is 12.7 Å². The highest BCUT2D eigenvalue weighted by molar-refractivity contribution is 7.90. The van der Waals surface area contributed by atoms with Crippen molar-refractivity contribution in [3.05, 3.63) is 102 Å². The fraction of sp³-hybridized carbons (Fsp3) is 0.310. The van der Waals surface area contributed by atoms with E-state index < -0.39 is 28.7 Å². The van der Waals surface area contributed by atoms with Crippen LogP contribution in [0.5, 0.6) is 0 Å². The molecule has 0 aliphatic carbocycles. The number of nitrogens with zero attached hydrogens (tertiary/aromatic N) is 3. The molecule has 0 saturated carbocycles. The predicted octanol–water partition coefficient (Wildman–Crippen LogP) is 3.47. The number of rotatable bonds is 13. The van der Waals surface area contributed by atoms with Crippen LogP contribution in [0.25, 0.3) is 0 Å². The summed E-state index contributed by atoms with van der Waals surface area (Å²) in [6.07, 6.45) is 1.04.